The summed E-state index contributed by atoms with van der Waals surface area (Å²) < 4.78 is 23.5. The molecule has 0 saturated heterocycles. The van der Waals surface area contributed by atoms with Gasteiger partial charge in [0.05, 0.1) is 12.2 Å². The molecule has 5 nitrogen and oxygen atoms in total. The van der Waals surface area contributed by atoms with Gasteiger partial charge in [0.15, 0.2) is 0 Å². The fourth-order valence-corrected chi connectivity index (χ4v) is 1.98. The van der Waals surface area contributed by atoms with Crippen LogP contribution in [0.2, 0.25) is 0 Å². The Hall–Kier alpha value is -1.51. The molecule has 0 aliphatic carbocycles. The van der Waals surface area contributed by atoms with Gasteiger partial charge in [0, 0.05) is 3.57 Å². The summed E-state index contributed by atoms with van der Waals surface area (Å²) >= 11 is 1.95. The van der Waals surface area contributed by atoms with Gasteiger partial charge in [-0.05, 0) is 47.7 Å². The second-order valence-corrected chi connectivity index (χ2v) is 4.42. The first-order valence-corrected chi connectivity index (χ1v) is 6.15. The van der Waals surface area contributed by atoms with Crippen molar-refractivity contribution in [3.8, 4) is 11.5 Å². The Morgan fingerprint density at radius 1 is 1.50 bits per heavy atom. The van der Waals surface area contributed by atoms with Crippen LogP contribution < -0.4 is 0 Å². The molecule has 0 spiro atoms. The fourth-order valence-electron chi connectivity index (χ4n) is 1.27. The van der Waals surface area contributed by atoms with E-state index in [0.717, 1.165) is 0 Å². The lowest BCUT2D eigenvalue weighted by atomic mass is 10.2. The van der Waals surface area contributed by atoms with Crippen molar-refractivity contribution in [2.75, 3.05) is 6.61 Å². The molecule has 0 unspecified atom stereocenters. The molecule has 1 aromatic carbocycles. The monoisotopic (exact) mass is 362 g/mol. The zero-order chi connectivity index (χ0) is 13.1. The van der Waals surface area contributed by atoms with Gasteiger partial charge in [-0.1, -0.05) is 0 Å². The number of carbonyl (C=O) groups excluding carboxylic acids is 1. The Morgan fingerprint density at radius 2 is 2.28 bits per heavy atom. The average Bonchev–Trinajstić information content (AvgIpc) is 2.78. The molecule has 94 valence electrons. The van der Waals surface area contributed by atoms with E-state index in [0.29, 0.717) is 9.13 Å². The van der Waals surface area contributed by atoms with Gasteiger partial charge in [0.1, 0.15) is 5.82 Å². The molecule has 0 radical (unpaired) electrons. The van der Waals surface area contributed by atoms with Crippen molar-refractivity contribution in [3.63, 3.8) is 0 Å². The largest absolute Gasteiger partial charge is 0.459 e. The highest BCUT2D eigenvalue weighted by Gasteiger charge is 2.18. The molecule has 0 N–H and O–H groups in total. The van der Waals surface area contributed by atoms with Gasteiger partial charge in [-0.3, -0.25) is 0 Å². The Bertz CT molecular complexity index is 585. The number of hydrogen-bond donors (Lipinski definition) is 0. The van der Waals surface area contributed by atoms with Crippen LogP contribution in [-0.4, -0.2) is 22.8 Å². The first-order valence-electron chi connectivity index (χ1n) is 5.08. The molecule has 0 aliphatic rings. The molecule has 0 bridgehead atoms. The molecular weight excluding hydrogens is 354 g/mol. The summed E-state index contributed by atoms with van der Waals surface area (Å²) in [5.74, 6) is -1.09. The van der Waals surface area contributed by atoms with E-state index in [1.807, 2.05) is 22.6 Å². The molecule has 1 heterocycles. The van der Waals surface area contributed by atoms with E-state index in [1.54, 1.807) is 6.92 Å². The van der Waals surface area contributed by atoms with Gasteiger partial charge in [-0.15, -0.1) is 10.2 Å². The quantitative estimate of drug-likeness (QED) is 0.621. The number of hydrogen-bond acceptors (Lipinski definition) is 5. The number of benzene rings is 1. The zero-order valence-electron chi connectivity index (χ0n) is 9.31. The minimum atomic E-state index is -0.673. The van der Waals surface area contributed by atoms with Crippen LogP contribution in [0.15, 0.2) is 22.6 Å². The van der Waals surface area contributed by atoms with Crippen LogP contribution in [0, 0.1) is 9.39 Å². The highest BCUT2D eigenvalue weighted by molar-refractivity contribution is 14.1. The van der Waals surface area contributed by atoms with Crippen molar-refractivity contribution in [1.29, 1.82) is 0 Å². The van der Waals surface area contributed by atoms with Crippen LogP contribution in [-0.2, 0) is 4.74 Å². The molecule has 0 amide bonds. The van der Waals surface area contributed by atoms with Crippen LogP contribution in [0.25, 0.3) is 11.5 Å². The number of aromatic nitrogens is 2. The second-order valence-electron chi connectivity index (χ2n) is 3.26. The molecule has 0 atom stereocenters. The first-order chi connectivity index (χ1) is 8.61. The van der Waals surface area contributed by atoms with E-state index in [-0.39, 0.29) is 24.2 Å². The summed E-state index contributed by atoms with van der Waals surface area (Å²) in [5.41, 5.74) is 0.569. The summed E-state index contributed by atoms with van der Waals surface area (Å²) in [6, 6.07) is 4.13. The van der Waals surface area contributed by atoms with Crippen molar-refractivity contribution < 1.29 is 18.3 Å². The number of ether oxygens (including phenoxy) is 1. The Labute approximate surface area is 115 Å². The van der Waals surface area contributed by atoms with Crippen LogP contribution >= 0.6 is 22.6 Å². The SMILES string of the molecule is CCOC(=O)c1nnc(-c2ccc(F)cc2I)o1. The number of rotatable bonds is 3. The normalized spacial score (nSPS) is 10.4. The Kier molecular flexibility index (Phi) is 3.90. The minimum Gasteiger partial charge on any atom is -0.459 e. The molecule has 18 heavy (non-hydrogen) atoms. The molecule has 7 heteroatoms. The second kappa shape index (κ2) is 5.42. The summed E-state index contributed by atoms with van der Waals surface area (Å²) in [5, 5.41) is 7.32. The molecule has 0 aliphatic heterocycles. The van der Waals surface area contributed by atoms with Crippen LogP contribution in [0.1, 0.15) is 17.6 Å². The fraction of sp³-hybridized carbons (Fsp3) is 0.182. The summed E-state index contributed by atoms with van der Waals surface area (Å²) in [6.07, 6.45) is 0. The molecule has 0 fully saturated rings. The van der Waals surface area contributed by atoms with Crippen molar-refractivity contribution >= 4 is 28.6 Å². The maximum absolute atomic E-state index is 13.0. The lowest BCUT2D eigenvalue weighted by Crippen LogP contribution is -2.04. The molecular formula is C11H8FIN2O3. The van der Waals surface area contributed by atoms with Gasteiger partial charge in [-0.25, -0.2) is 9.18 Å². The van der Waals surface area contributed by atoms with Gasteiger partial charge in [-0.2, -0.15) is 0 Å². The van der Waals surface area contributed by atoms with Gasteiger partial charge in [0.25, 0.3) is 0 Å². The van der Waals surface area contributed by atoms with E-state index < -0.39 is 5.97 Å². The number of nitrogens with zero attached hydrogens (tertiary/aromatic N) is 2. The number of esters is 1. The summed E-state index contributed by atoms with van der Waals surface area (Å²) in [6.45, 7) is 1.91. The lowest BCUT2D eigenvalue weighted by molar-refractivity contribution is 0.0481. The Balaban J connectivity index is 2.32. The standard InChI is InChI=1S/C11H8FIN2O3/c1-2-17-11(16)10-15-14-9(18-10)7-4-3-6(12)5-8(7)13/h3-5H,2H2,1H3. The minimum absolute atomic E-state index is 0.155. The van der Waals surface area contributed by atoms with E-state index in [1.165, 1.54) is 18.2 Å². The van der Waals surface area contributed by atoms with E-state index in [2.05, 4.69) is 10.2 Å². The highest BCUT2D eigenvalue weighted by Crippen LogP contribution is 2.24. The maximum atomic E-state index is 13.0. The summed E-state index contributed by atoms with van der Waals surface area (Å²) in [7, 11) is 0. The third-order valence-electron chi connectivity index (χ3n) is 2.04. The average molecular weight is 362 g/mol. The number of carbonyl (C=O) groups is 1. The van der Waals surface area contributed by atoms with Crippen LogP contribution in [0.5, 0.6) is 0 Å². The summed E-state index contributed by atoms with van der Waals surface area (Å²) in [4.78, 5) is 11.3. The van der Waals surface area contributed by atoms with E-state index >= 15 is 0 Å². The molecule has 2 rings (SSSR count). The molecule has 1 aromatic heterocycles. The van der Waals surface area contributed by atoms with Crippen LogP contribution in [0.4, 0.5) is 4.39 Å². The molecule has 2 aromatic rings. The highest BCUT2D eigenvalue weighted by atomic mass is 127. The third kappa shape index (κ3) is 2.66. The van der Waals surface area contributed by atoms with E-state index in [4.69, 9.17) is 9.15 Å². The molecule has 0 saturated carbocycles. The van der Waals surface area contributed by atoms with Crippen molar-refractivity contribution in [3.05, 3.63) is 33.5 Å². The van der Waals surface area contributed by atoms with Crippen molar-refractivity contribution in [1.82, 2.24) is 10.2 Å². The van der Waals surface area contributed by atoms with Crippen molar-refractivity contribution in [2.24, 2.45) is 0 Å². The predicted octanol–water partition coefficient (Wildman–Crippen LogP) is 2.66. The Morgan fingerprint density at radius 3 is 2.94 bits per heavy atom. The van der Waals surface area contributed by atoms with Gasteiger partial charge in [0.2, 0.25) is 5.89 Å². The smallest absolute Gasteiger partial charge is 0.396 e. The predicted molar refractivity (Wildman–Crippen MR) is 68.4 cm³/mol. The van der Waals surface area contributed by atoms with Gasteiger partial charge < -0.3 is 9.15 Å². The number of halogens is 2. The third-order valence-corrected chi connectivity index (χ3v) is 2.93. The van der Waals surface area contributed by atoms with Gasteiger partial charge >= 0.3 is 11.9 Å². The van der Waals surface area contributed by atoms with Crippen LogP contribution in [0.3, 0.4) is 0 Å². The lowest BCUT2D eigenvalue weighted by Gasteiger charge is -1.98. The topological polar surface area (TPSA) is 65.2 Å². The van der Waals surface area contributed by atoms with E-state index in [9.17, 15) is 9.18 Å². The zero-order valence-corrected chi connectivity index (χ0v) is 11.5. The first kappa shape index (κ1) is 12.9. The maximum Gasteiger partial charge on any atom is 0.396 e. The van der Waals surface area contributed by atoms with Crippen molar-refractivity contribution in [2.45, 2.75) is 6.92 Å².